The Kier molecular flexibility index (Phi) is 7.78. The second kappa shape index (κ2) is 13.4. The zero-order valence-electron chi connectivity index (χ0n) is 30.4. The molecule has 1 aliphatic rings. The number of thiophene rings is 1. The van der Waals surface area contributed by atoms with Crippen LogP contribution < -0.4 is 0 Å². The van der Waals surface area contributed by atoms with Gasteiger partial charge in [-0.25, -0.2) is 0 Å². The lowest BCUT2D eigenvalue weighted by Gasteiger charge is -2.13. The highest BCUT2D eigenvalue weighted by Crippen LogP contribution is 2.42. The monoisotopic (exact) mass is 734 g/mol. The van der Waals surface area contributed by atoms with Crippen molar-refractivity contribution >= 4 is 59.5 Å². The minimum atomic E-state index is 0.300. The van der Waals surface area contributed by atoms with E-state index in [0.717, 1.165) is 56.9 Å². The molecule has 4 aromatic heterocycles. The fourth-order valence-corrected chi connectivity index (χ4v) is 9.52. The van der Waals surface area contributed by atoms with Gasteiger partial charge in [-0.3, -0.25) is 15.0 Å². The van der Waals surface area contributed by atoms with Gasteiger partial charge in [-0.2, -0.15) is 0 Å². The molecule has 0 aliphatic carbocycles. The molecule has 5 heterocycles. The fraction of sp³-hybridized carbons (Fsp3) is 0.0392. The summed E-state index contributed by atoms with van der Waals surface area (Å²) in [6.07, 6.45) is 10.8. The van der Waals surface area contributed by atoms with Crippen LogP contribution in [-0.2, 0) is 0 Å². The van der Waals surface area contributed by atoms with Gasteiger partial charge in [-0.15, -0.1) is 11.3 Å². The zero-order chi connectivity index (χ0) is 37.0. The van der Waals surface area contributed by atoms with Crippen molar-refractivity contribution in [3.05, 3.63) is 188 Å². The molecule has 1 atom stereocenters. The summed E-state index contributed by atoms with van der Waals surface area (Å²) in [6, 6.07) is 57.2. The molecule has 11 rings (SSSR count). The highest BCUT2D eigenvalue weighted by molar-refractivity contribution is 7.25. The Morgan fingerprint density at radius 2 is 1.07 bits per heavy atom. The van der Waals surface area contributed by atoms with E-state index in [1.165, 1.54) is 47.5 Å². The van der Waals surface area contributed by atoms with Crippen LogP contribution in [0.3, 0.4) is 0 Å². The molecule has 4 nitrogen and oxygen atoms in total. The first-order chi connectivity index (χ1) is 27.8. The van der Waals surface area contributed by atoms with Crippen molar-refractivity contribution in [1.29, 1.82) is 0 Å². The van der Waals surface area contributed by atoms with Gasteiger partial charge in [0.25, 0.3) is 0 Å². The standard InChI is InChI=1S/C51H34N4S/c1-3-13-40(46-15-5-7-26-53-46)38(11-1)34-17-21-48-42(29-34)43-30-35(39-12-2-4-14-41(39)47-16-6-8-27-54-47)18-22-49(43)55(48)37-20-24-51-45(31-37)44-28-33(19-23-50(44)56-51)36-10-9-25-52-32-36/h1-9,11-32,36H,10H2. The SMILES string of the molecule is C1=CN=CC(c2ccc3sc4ccc(-n5c6ccc(-c7ccccc7-c7ccccn7)cc6c6cc(-c7ccccc7-c7ccccn7)ccc65)cc4c3c2)C1. The Hall–Kier alpha value is -6.95. The third kappa shape index (κ3) is 5.47. The van der Waals surface area contributed by atoms with Gasteiger partial charge in [0.2, 0.25) is 0 Å². The fourth-order valence-electron chi connectivity index (χ4n) is 8.45. The van der Waals surface area contributed by atoms with Crippen LogP contribution in [-0.4, -0.2) is 20.7 Å². The van der Waals surface area contributed by atoms with Crippen LogP contribution in [0, 0.1) is 0 Å². The van der Waals surface area contributed by atoms with Crippen molar-refractivity contribution in [2.75, 3.05) is 0 Å². The highest BCUT2D eigenvalue weighted by Gasteiger charge is 2.19. The molecule has 0 fully saturated rings. The lowest BCUT2D eigenvalue weighted by Crippen LogP contribution is -2.01. The number of aromatic nitrogens is 3. The van der Waals surface area contributed by atoms with Crippen LogP contribution >= 0.6 is 11.3 Å². The molecule has 0 radical (unpaired) electrons. The lowest BCUT2D eigenvalue weighted by molar-refractivity contribution is 0.911. The average Bonchev–Trinajstić information content (AvgIpc) is 3.81. The van der Waals surface area contributed by atoms with Gasteiger partial charge in [0.05, 0.1) is 22.4 Å². The van der Waals surface area contributed by atoms with Crippen LogP contribution in [0.4, 0.5) is 0 Å². The van der Waals surface area contributed by atoms with E-state index in [9.17, 15) is 0 Å². The summed E-state index contributed by atoms with van der Waals surface area (Å²) in [5, 5.41) is 4.99. The molecule has 0 saturated heterocycles. The van der Waals surface area contributed by atoms with Gasteiger partial charge in [0.1, 0.15) is 0 Å². The second-order valence-electron chi connectivity index (χ2n) is 14.4. The molecule has 0 N–H and O–H groups in total. The molecular weight excluding hydrogens is 701 g/mol. The molecule has 5 heteroatoms. The van der Waals surface area contributed by atoms with E-state index in [0.29, 0.717) is 5.92 Å². The van der Waals surface area contributed by atoms with Crippen LogP contribution in [0.2, 0.25) is 0 Å². The van der Waals surface area contributed by atoms with E-state index in [4.69, 9.17) is 9.97 Å². The predicted molar refractivity (Wildman–Crippen MR) is 236 cm³/mol. The minimum Gasteiger partial charge on any atom is -0.309 e. The Balaban J connectivity index is 1.14. The van der Waals surface area contributed by atoms with E-state index in [-0.39, 0.29) is 0 Å². The largest absolute Gasteiger partial charge is 0.309 e. The molecule has 264 valence electrons. The normalized spacial score (nSPS) is 14.0. The van der Waals surface area contributed by atoms with E-state index in [1.54, 1.807) is 0 Å². The number of hydrogen-bond donors (Lipinski definition) is 0. The van der Waals surface area contributed by atoms with Crippen molar-refractivity contribution < 1.29 is 0 Å². The molecule has 0 spiro atoms. The summed E-state index contributed by atoms with van der Waals surface area (Å²) < 4.78 is 5.04. The second-order valence-corrected chi connectivity index (χ2v) is 15.5. The van der Waals surface area contributed by atoms with Crippen molar-refractivity contribution in [2.24, 2.45) is 4.99 Å². The molecule has 0 saturated carbocycles. The topological polar surface area (TPSA) is 43.1 Å². The summed E-state index contributed by atoms with van der Waals surface area (Å²) in [6.45, 7) is 0. The molecule has 56 heavy (non-hydrogen) atoms. The van der Waals surface area contributed by atoms with Gasteiger partial charge in [0.15, 0.2) is 0 Å². The van der Waals surface area contributed by atoms with Gasteiger partial charge in [-0.05, 0) is 113 Å². The maximum atomic E-state index is 4.73. The molecule has 1 unspecified atom stereocenters. The van der Waals surface area contributed by atoms with E-state index in [1.807, 2.05) is 42.1 Å². The van der Waals surface area contributed by atoms with E-state index < -0.39 is 0 Å². The summed E-state index contributed by atoms with van der Waals surface area (Å²) in [5.41, 5.74) is 13.6. The number of rotatable bonds is 6. The third-order valence-electron chi connectivity index (χ3n) is 11.1. The number of benzene rings is 6. The highest BCUT2D eigenvalue weighted by atomic mass is 32.1. The lowest BCUT2D eigenvalue weighted by atomic mass is 9.94. The summed E-state index contributed by atoms with van der Waals surface area (Å²) >= 11 is 1.86. The minimum absolute atomic E-state index is 0.300. The number of fused-ring (bicyclic) bond motifs is 6. The quantitative estimate of drug-likeness (QED) is 0.171. The van der Waals surface area contributed by atoms with Crippen LogP contribution in [0.25, 0.3) is 92.4 Å². The number of allylic oxidation sites excluding steroid dienone is 1. The molecule has 10 aromatic rings. The zero-order valence-corrected chi connectivity index (χ0v) is 31.2. The Morgan fingerprint density at radius 3 is 1.64 bits per heavy atom. The summed E-state index contributed by atoms with van der Waals surface area (Å²) in [4.78, 5) is 13.9. The van der Waals surface area contributed by atoms with Crippen molar-refractivity contribution in [2.45, 2.75) is 12.3 Å². The van der Waals surface area contributed by atoms with Crippen molar-refractivity contribution in [1.82, 2.24) is 14.5 Å². The molecule has 6 aromatic carbocycles. The molecular formula is C51H34N4S. The van der Waals surface area contributed by atoms with Gasteiger partial charge in [0, 0.05) is 78.5 Å². The van der Waals surface area contributed by atoms with Crippen LogP contribution in [0.15, 0.2) is 187 Å². The molecule has 1 aliphatic heterocycles. The first kappa shape index (κ1) is 32.5. The Morgan fingerprint density at radius 1 is 0.500 bits per heavy atom. The Labute approximate surface area is 328 Å². The number of hydrogen-bond acceptors (Lipinski definition) is 4. The van der Waals surface area contributed by atoms with Gasteiger partial charge in [-0.1, -0.05) is 84.9 Å². The first-order valence-corrected chi connectivity index (χ1v) is 19.8. The molecule has 0 amide bonds. The Bertz CT molecular complexity index is 3030. The average molecular weight is 735 g/mol. The van der Waals surface area contributed by atoms with Crippen LogP contribution in [0.1, 0.15) is 17.9 Å². The maximum Gasteiger partial charge on any atom is 0.0708 e. The predicted octanol–water partition coefficient (Wildman–Crippen LogP) is 13.7. The number of nitrogens with zero attached hydrogens (tertiary/aromatic N) is 4. The van der Waals surface area contributed by atoms with E-state index >= 15 is 0 Å². The van der Waals surface area contributed by atoms with Crippen LogP contribution in [0.5, 0.6) is 0 Å². The van der Waals surface area contributed by atoms with Gasteiger partial charge < -0.3 is 4.57 Å². The van der Waals surface area contributed by atoms with E-state index in [2.05, 4.69) is 167 Å². The summed E-state index contributed by atoms with van der Waals surface area (Å²) in [7, 11) is 0. The van der Waals surface area contributed by atoms with Crippen molar-refractivity contribution in [3.63, 3.8) is 0 Å². The number of aliphatic imine (C=N–C) groups is 1. The maximum absolute atomic E-state index is 4.73. The van der Waals surface area contributed by atoms with Gasteiger partial charge >= 0.3 is 0 Å². The first-order valence-electron chi connectivity index (χ1n) is 19.0. The number of pyridine rings is 2. The van der Waals surface area contributed by atoms with Crippen molar-refractivity contribution in [3.8, 4) is 50.5 Å². The third-order valence-corrected chi connectivity index (χ3v) is 12.3. The summed E-state index contributed by atoms with van der Waals surface area (Å²) in [5.74, 6) is 0.300. The smallest absolute Gasteiger partial charge is 0.0708 e. The molecule has 0 bridgehead atoms.